The molecule has 0 radical (unpaired) electrons. The van der Waals surface area contributed by atoms with Crippen LogP contribution < -0.4 is 6.15 Å². The Morgan fingerprint density at radius 2 is 1.00 bits per heavy atom. The van der Waals surface area contributed by atoms with Gasteiger partial charge in [0, 0.05) is 16.2 Å². The van der Waals surface area contributed by atoms with Gasteiger partial charge in [-0.3, -0.25) is 0 Å². The summed E-state index contributed by atoms with van der Waals surface area (Å²) in [5, 5.41) is 42.3. The highest BCUT2D eigenvalue weighted by Crippen LogP contribution is 2.45. The van der Waals surface area contributed by atoms with Crippen molar-refractivity contribution in [3.8, 4) is 0 Å². The van der Waals surface area contributed by atoms with E-state index in [1.807, 2.05) is 12.1 Å². The van der Waals surface area contributed by atoms with Gasteiger partial charge in [0.05, 0.1) is 22.3 Å². The first kappa shape index (κ1) is 21.5. The summed E-state index contributed by atoms with van der Waals surface area (Å²) in [7, 11) is 0. The van der Waals surface area contributed by atoms with Gasteiger partial charge >= 0.3 is 23.9 Å². The molecule has 0 saturated carbocycles. The van der Waals surface area contributed by atoms with Crippen LogP contribution in [0.15, 0.2) is 48.5 Å². The Labute approximate surface area is 184 Å². The Morgan fingerprint density at radius 1 is 0.485 bits per heavy atom. The van der Waals surface area contributed by atoms with Crippen LogP contribution >= 0.6 is 0 Å². The average Bonchev–Trinajstić information content (AvgIpc) is 2.75. The molecule has 7 N–H and O–H groups in total. The Hall–Kier alpha value is -4.76. The Morgan fingerprint density at radius 3 is 1.55 bits per heavy atom. The first-order valence-electron chi connectivity index (χ1n) is 9.36. The van der Waals surface area contributed by atoms with Gasteiger partial charge in [-0.15, -0.1) is 0 Å². The van der Waals surface area contributed by atoms with Gasteiger partial charge in [-0.05, 0) is 33.0 Å². The molecule has 0 aliphatic carbocycles. The number of hydrogen-bond acceptors (Lipinski definition) is 5. The van der Waals surface area contributed by atoms with Crippen LogP contribution in [0.3, 0.4) is 0 Å². The summed E-state index contributed by atoms with van der Waals surface area (Å²) in [6.45, 7) is 0. The second kappa shape index (κ2) is 7.14. The lowest BCUT2D eigenvalue weighted by molar-refractivity contribution is 0.0635. The van der Waals surface area contributed by atoms with Crippen molar-refractivity contribution in [2.45, 2.75) is 0 Å². The van der Waals surface area contributed by atoms with E-state index in [4.69, 9.17) is 0 Å². The zero-order valence-corrected chi connectivity index (χ0v) is 16.7. The summed E-state index contributed by atoms with van der Waals surface area (Å²) in [5.74, 6) is -6.58. The lowest BCUT2D eigenvalue weighted by atomic mass is 9.81. The van der Waals surface area contributed by atoms with Crippen molar-refractivity contribution in [3.05, 3.63) is 70.8 Å². The maximum absolute atomic E-state index is 12.3. The van der Waals surface area contributed by atoms with Gasteiger partial charge in [-0.25, -0.2) is 19.2 Å². The van der Waals surface area contributed by atoms with Crippen LogP contribution in [0.2, 0.25) is 0 Å². The first-order valence-corrected chi connectivity index (χ1v) is 9.36. The van der Waals surface area contributed by atoms with E-state index in [1.54, 1.807) is 24.3 Å². The second-order valence-corrected chi connectivity index (χ2v) is 7.34. The van der Waals surface area contributed by atoms with Crippen LogP contribution in [0, 0.1) is 0 Å². The fraction of sp³-hybridized carbons (Fsp3) is 0. The van der Waals surface area contributed by atoms with E-state index in [-0.39, 0.29) is 22.3 Å². The highest BCUT2D eigenvalue weighted by atomic mass is 16.4. The quantitative estimate of drug-likeness (QED) is 0.193. The number of carboxylic acid groups (broad SMARTS) is 4. The maximum atomic E-state index is 12.3. The maximum Gasteiger partial charge on any atom is 0.337 e. The van der Waals surface area contributed by atoms with Gasteiger partial charge in [-0.1, -0.05) is 42.5 Å². The minimum absolute atomic E-state index is 0. The highest BCUT2D eigenvalue weighted by molar-refractivity contribution is 6.40. The zero-order chi connectivity index (χ0) is 22.9. The van der Waals surface area contributed by atoms with Crippen LogP contribution in [0.25, 0.3) is 43.1 Å². The third kappa shape index (κ3) is 2.70. The molecule has 0 unspecified atom stereocenters. The van der Waals surface area contributed by atoms with Crippen molar-refractivity contribution in [3.63, 3.8) is 0 Å². The fourth-order valence-corrected chi connectivity index (χ4v) is 4.71. The molecule has 164 valence electrons. The lowest BCUT2D eigenvalue weighted by Crippen LogP contribution is -2.18. The smallest absolute Gasteiger partial charge is 0.337 e. The molecule has 9 heteroatoms. The molecule has 0 spiro atoms. The fourth-order valence-electron chi connectivity index (χ4n) is 4.71. The third-order valence-electron chi connectivity index (χ3n) is 5.79. The minimum atomic E-state index is -1.77. The molecule has 0 heterocycles. The van der Waals surface area contributed by atoms with E-state index in [0.29, 0.717) is 21.5 Å². The molecule has 0 atom stereocenters. The number of carboxylic acids is 4. The van der Waals surface area contributed by atoms with Crippen molar-refractivity contribution in [1.29, 1.82) is 0 Å². The Kier molecular flexibility index (Phi) is 4.65. The number of carbonyl (C=O) groups is 4. The summed E-state index contributed by atoms with van der Waals surface area (Å²) >= 11 is 0. The van der Waals surface area contributed by atoms with Gasteiger partial charge in [-0.2, -0.15) is 0 Å². The van der Waals surface area contributed by atoms with E-state index in [2.05, 4.69) is 0 Å². The van der Waals surface area contributed by atoms with Crippen molar-refractivity contribution in [2.75, 3.05) is 0 Å². The van der Waals surface area contributed by atoms with Gasteiger partial charge in [0.25, 0.3) is 0 Å². The third-order valence-corrected chi connectivity index (χ3v) is 5.79. The number of hydrogen-bond donors (Lipinski definition) is 5. The van der Waals surface area contributed by atoms with Crippen LogP contribution in [0.5, 0.6) is 0 Å². The summed E-state index contributed by atoms with van der Waals surface area (Å²) < 4.78 is 0. The molecule has 33 heavy (non-hydrogen) atoms. The van der Waals surface area contributed by atoms with E-state index in [1.165, 1.54) is 12.1 Å². The normalized spacial score (nSPS) is 11.2. The second-order valence-electron chi connectivity index (χ2n) is 7.34. The highest BCUT2D eigenvalue weighted by Gasteiger charge is 2.33. The molecule has 0 bridgehead atoms. The molecule has 0 aliphatic heterocycles. The molecule has 9 nitrogen and oxygen atoms in total. The average molecular weight is 445 g/mol. The summed E-state index contributed by atoms with van der Waals surface area (Å²) in [6.07, 6.45) is 0. The van der Waals surface area contributed by atoms with Crippen LogP contribution in [-0.4, -0.2) is 44.3 Å². The van der Waals surface area contributed by atoms with Gasteiger partial charge < -0.3 is 26.6 Å². The number of aromatic carboxylic acids is 4. The number of fused-ring (bicyclic) bond motifs is 2. The topological polar surface area (TPSA) is 184 Å². The minimum Gasteiger partial charge on any atom is -0.478 e. The molecular formula is C24H15NO8. The monoisotopic (exact) mass is 445 g/mol. The molecular weight excluding hydrogens is 430 g/mol. The van der Waals surface area contributed by atoms with E-state index in [0.717, 1.165) is 5.39 Å². The van der Waals surface area contributed by atoms with Gasteiger partial charge in [0.15, 0.2) is 0 Å². The predicted octanol–water partition coefficient (Wildman–Crippen LogP) is 4.69. The molecule has 0 saturated heterocycles. The summed E-state index contributed by atoms with van der Waals surface area (Å²) in [4.78, 5) is 48.7. The molecule has 5 rings (SSSR count). The molecule has 0 aliphatic rings. The van der Waals surface area contributed by atoms with Crippen LogP contribution in [0.4, 0.5) is 0 Å². The summed E-state index contributed by atoms with van der Waals surface area (Å²) in [5.41, 5.74) is -2.93. The standard InChI is InChI=1S/C24H12O8.H3N/c25-21(26)13-8-7-11-10-5-1-3-9-4-2-6-12(14(9)10)16-15(11)17(13)19(23(29)30)20(24(31)32)18(16)22(27)28;/h1-8H,(H,25,26)(H,27,28)(H,29,30)(H,31,32);1H3. The van der Waals surface area contributed by atoms with E-state index >= 15 is 0 Å². The van der Waals surface area contributed by atoms with Crippen molar-refractivity contribution < 1.29 is 39.6 Å². The van der Waals surface area contributed by atoms with Crippen molar-refractivity contribution >= 4 is 67.0 Å². The zero-order valence-electron chi connectivity index (χ0n) is 16.7. The van der Waals surface area contributed by atoms with Gasteiger partial charge in [0.1, 0.15) is 0 Å². The van der Waals surface area contributed by atoms with Crippen molar-refractivity contribution in [1.82, 2.24) is 6.15 Å². The largest absolute Gasteiger partial charge is 0.478 e. The molecule has 5 aromatic rings. The molecule has 5 aromatic carbocycles. The Balaban J connectivity index is 0.00000259. The first-order chi connectivity index (χ1) is 15.2. The molecule has 0 fully saturated rings. The number of benzene rings is 5. The lowest BCUT2D eigenvalue weighted by Gasteiger charge is -2.20. The SMILES string of the molecule is N.O=C(O)c1c(C(=O)O)c2c(C(=O)O)ccc3c4cccc5cccc(c(c1C(=O)O)c23)c54. The molecule has 0 amide bonds. The number of rotatable bonds is 4. The van der Waals surface area contributed by atoms with E-state index in [9.17, 15) is 39.6 Å². The Bertz CT molecular complexity index is 1680. The predicted molar refractivity (Wildman–Crippen MR) is 121 cm³/mol. The van der Waals surface area contributed by atoms with E-state index < -0.39 is 46.1 Å². The molecule has 0 aromatic heterocycles. The van der Waals surface area contributed by atoms with Crippen LogP contribution in [0.1, 0.15) is 41.4 Å². The summed E-state index contributed by atoms with van der Waals surface area (Å²) in [6, 6.07) is 13.2. The van der Waals surface area contributed by atoms with Gasteiger partial charge in [0.2, 0.25) is 0 Å². The van der Waals surface area contributed by atoms with Crippen molar-refractivity contribution in [2.24, 2.45) is 0 Å². The van der Waals surface area contributed by atoms with Crippen LogP contribution in [-0.2, 0) is 0 Å².